The van der Waals surface area contributed by atoms with Gasteiger partial charge in [0.25, 0.3) is 5.91 Å². The van der Waals surface area contributed by atoms with Gasteiger partial charge in [-0.25, -0.2) is 4.98 Å². The predicted molar refractivity (Wildman–Crippen MR) is 142 cm³/mol. The molecular weight excluding hydrogens is 564 g/mol. The molecule has 0 aliphatic carbocycles. The van der Waals surface area contributed by atoms with E-state index in [1.807, 2.05) is 18.2 Å². The molecule has 4 rings (SSSR count). The average Bonchev–Trinajstić information content (AvgIpc) is 2.87. The van der Waals surface area contributed by atoms with Crippen LogP contribution in [0.5, 0.6) is 0 Å². The molecule has 0 fully saturated rings. The van der Waals surface area contributed by atoms with Crippen LogP contribution in [0.4, 0.5) is 13.2 Å². The number of hydrogen-bond donors (Lipinski definition) is 1. The largest absolute Gasteiger partial charge is 0.416 e. The number of nitrogens with one attached hydrogen (secondary N) is 1. The third-order valence-electron chi connectivity index (χ3n) is 5.39. The van der Waals surface area contributed by atoms with Gasteiger partial charge < -0.3 is 5.32 Å². The van der Waals surface area contributed by atoms with E-state index in [0.29, 0.717) is 31.2 Å². The summed E-state index contributed by atoms with van der Waals surface area (Å²) in [5.41, 5.74) is 1.94. The van der Waals surface area contributed by atoms with Crippen LogP contribution in [0.1, 0.15) is 37.9 Å². The summed E-state index contributed by atoms with van der Waals surface area (Å²) < 4.78 is 38.1. The molecular formula is C27H18Cl3F3N2OS. The summed E-state index contributed by atoms with van der Waals surface area (Å²) in [7, 11) is 0. The third-order valence-corrected chi connectivity index (χ3v) is 7.45. The third kappa shape index (κ3) is 7.20. The zero-order valence-corrected chi connectivity index (χ0v) is 22.0. The summed E-state index contributed by atoms with van der Waals surface area (Å²) in [5, 5.41) is 4.79. The molecule has 0 saturated carbocycles. The Bertz CT molecular complexity index is 1380. The van der Waals surface area contributed by atoms with Crippen molar-refractivity contribution in [3.05, 3.63) is 128 Å². The van der Waals surface area contributed by atoms with E-state index in [-0.39, 0.29) is 17.7 Å². The fourth-order valence-corrected chi connectivity index (χ4v) is 5.30. The molecule has 0 aliphatic heterocycles. The number of pyridine rings is 1. The molecule has 0 aliphatic rings. The maximum atomic E-state index is 12.7. The molecule has 1 atom stereocenters. The van der Waals surface area contributed by atoms with Crippen molar-refractivity contribution in [2.75, 3.05) is 0 Å². The minimum atomic E-state index is -4.40. The van der Waals surface area contributed by atoms with E-state index in [0.717, 1.165) is 23.3 Å². The number of alkyl halides is 3. The Morgan fingerprint density at radius 3 is 2.16 bits per heavy atom. The number of halogens is 6. The summed E-state index contributed by atoms with van der Waals surface area (Å²) in [6, 6.07) is 20.7. The van der Waals surface area contributed by atoms with Gasteiger partial charge in [-0.3, -0.25) is 4.79 Å². The van der Waals surface area contributed by atoms with Crippen LogP contribution in [0.3, 0.4) is 0 Å². The molecule has 37 heavy (non-hydrogen) atoms. The van der Waals surface area contributed by atoms with Crippen LogP contribution in [0.15, 0.2) is 90.1 Å². The smallest absolute Gasteiger partial charge is 0.348 e. The number of hydrogen-bond acceptors (Lipinski definition) is 3. The lowest BCUT2D eigenvalue weighted by molar-refractivity contribution is -0.137. The standard InChI is InChI=1S/C27H18Cl3F3N2OS/c28-20-8-3-17(4-9-20)25(22-11-10-21(29)13-23(22)30)37-24-12-5-18(15-34-24)26(36)35-14-16-1-6-19(7-2-16)27(31,32)33/h1-13,15,25H,14H2,(H,35,36). The van der Waals surface area contributed by atoms with Crippen molar-refractivity contribution in [1.29, 1.82) is 0 Å². The van der Waals surface area contributed by atoms with Gasteiger partial charge in [0.1, 0.15) is 0 Å². The van der Waals surface area contributed by atoms with Crippen LogP contribution in [0.25, 0.3) is 0 Å². The molecule has 190 valence electrons. The van der Waals surface area contributed by atoms with E-state index in [1.165, 1.54) is 30.1 Å². The fourth-order valence-electron chi connectivity index (χ4n) is 3.46. The van der Waals surface area contributed by atoms with Crippen LogP contribution in [0, 0.1) is 0 Å². The summed E-state index contributed by atoms with van der Waals surface area (Å²) in [6.45, 7) is 0.0845. The SMILES string of the molecule is O=C(NCc1ccc(C(F)(F)F)cc1)c1ccc(SC(c2ccc(Cl)cc2)c2ccc(Cl)cc2Cl)nc1. The highest BCUT2D eigenvalue weighted by Crippen LogP contribution is 2.43. The van der Waals surface area contributed by atoms with E-state index in [4.69, 9.17) is 34.8 Å². The summed E-state index contributed by atoms with van der Waals surface area (Å²) in [4.78, 5) is 17.0. The monoisotopic (exact) mass is 580 g/mol. The first kappa shape index (κ1) is 27.3. The lowest BCUT2D eigenvalue weighted by Crippen LogP contribution is -2.23. The molecule has 10 heteroatoms. The minimum absolute atomic E-state index is 0.0845. The van der Waals surface area contributed by atoms with E-state index < -0.39 is 11.7 Å². The molecule has 1 unspecified atom stereocenters. The lowest BCUT2D eigenvalue weighted by Gasteiger charge is -2.19. The van der Waals surface area contributed by atoms with Crippen LogP contribution in [0.2, 0.25) is 15.1 Å². The molecule has 4 aromatic rings. The number of amides is 1. The second-order valence-electron chi connectivity index (χ2n) is 7.98. The fraction of sp³-hybridized carbons (Fsp3) is 0.111. The van der Waals surface area contributed by atoms with Crippen LogP contribution >= 0.6 is 46.6 Å². The van der Waals surface area contributed by atoms with Gasteiger partial charge in [-0.15, -0.1) is 0 Å². The Kier molecular flexibility index (Phi) is 8.70. The summed E-state index contributed by atoms with van der Waals surface area (Å²) in [5.74, 6) is -0.390. The highest BCUT2D eigenvalue weighted by atomic mass is 35.5. The van der Waals surface area contributed by atoms with Gasteiger partial charge in [0.15, 0.2) is 0 Å². The second-order valence-corrected chi connectivity index (χ2v) is 10.4. The number of carbonyl (C=O) groups excluding carboxylic acids is 1. The molecule has 0 spiro atoms. The molecule has 1 N–H and O–H groups in total. The Hall–Kier alpha value is -2.71. The zero-order valence-electron chi connectivity index (χ0n) is 18.9. The molecule has 3 aromatic carbocycles. The normalized spacial score (nSPS) is 12.3. The lowest BCUT2D eigenvalue weighted by atomic mass is 10.0. The molecule has 0 radical (unpaired) electrons. The second kappa shape index (κ2) is 11.8. The number of aromatic nitrogens is 1. The highest BCUT2D eigenvalue weighted by molar-refractivity contribution is 7.99. The molecule has 1 aromatic heterocycles. The molecule has 1 amide bonds. The first-order valence-corrected chi connectivity index (χ1v) is 12.9. The molecule has 0 bridgehead atoms. The Labute approximate surface area is 231 Å². The van der Waals surface area contributed by atoms with Crippen LogP contribution < -0.4 is 5.32 Å². The van der Waals surface area contributed by atoms with Gasteiger partial charge in [-0.2, -0.15) is 13.2 Å². The molecule has 3 nitrogen and oxygen atoms in total. The first-order chi connectivity index (χ1) is 17.6. The van der Waals surface area contributed by atoms with Gasteiger partial charge in [-0.05, 0) is 65.2 Å². The summed E-state index contributed by atoms with van der Waals surface area (Å²) >= 11 is 20.1. The van der Waals surface area contributed by atoms with Gasteiger partial charge in [0, 0.05) is 27.8 Å². The summed E-state index contributed by atoms with van der Waals surface area (Å²) in [6.07, 6.45) is -2.95. The predicted octanol–water partition coefficient (Wildman–Crippen LogP) is 8.87. The van der Waals surface area contributed by atoms with Crippen LogP contribution in [-0.2, 0) is 12.7 Å². The van der Waals surface area contributed by atoms with Gasteiger partial charge in [0.05, 0.1) is 21.4 Å². The number of benzene rings is 3. The van der Waals surface area contributed by atoms with Crippen molar-refractivity contribution >= 4 is 52.5 Å². The van der Waals surface area contributed by atoms with Crippen molar-refractivity contribution in [1.82, 2.24) is 10.3 Å². The van der Waals surface area contributed by atoms with E-state index in [2.05, 4.69) is 10.3 Å². The van der Waals surface area contributed by atoms with E-state index >= 15 is 0 Å². The molecule has 0 saturated heterocycles. The van der Waals surface area contributed by atoms with Crippen molar-refractivity contribution in [2.24, 2.45) is 0 Å². The quantitative estimate of drug-likeness (QED) is 0.222. The van der Waals surface area contributed by atoms with E-state index in [9.17, 15) is 18.0 Å². The number of nitrogens with zero attached hydrogens (tertiary/aromatic N) is 1. The number of thioether (sulfide) groups is 1. The van der Waals surface area contributed by atoms with Crippen LogP contribution in [-0.4, -0.2) is 10.9 Å². The minimum Gasteiger partial charge on any atom is -0.348 e. The van der Waals surface area contributed by atoms with Crippen molar-refractivity contribution < 1.29 is 18.0 Å². The van der Waals surface area contributed by atoms with Gasteiger partial charge >= 0.3 is 6.18 Å². The van der Waals surface area contributed by atoms with E-state index in [1.54, 1.807) is 36.4 Å². The first-order valence-electron chi connectivity index (χ1n) is 10.9. The number of rotatable bonds is 7. The van der Waals surface area contributed by atoms with Crippen molar-refractivity contribution in [2.45, 2.75) is 23.0 Å². The maximum Gasteiger partial charge on any atom is 0.416 e. The topological polar surface area (TPSA) is 42.0 Å². The Morgan fingerprint density at radius 2 is 1.57 bits per heavy atom. The highest BCUT2D eigenvalue weighted by Gasteiger charge is 2.30. The van der Waals surface area contributed by atoms with Crippen molar-refractivity contribution in [3.8, 4) is 0 Å². The Balaban J connectivity index is 1.46. The zero-order chi connectivity index (χ0) is 26.6. The average molecular weight is 582 g/mol. The Morgan fingerprint density at radius 1 is 0.892 bits per heavy atom. The molecule has 1 heterocycles. The maximum absolute atomic E-state index is 12.7. The van der Waals surface area contributed by atoms with Gasteiger partial charge in [0.2, 0.25) is 0 Å². The van der Waals surface area contributed by atoms with Crippen molar-refractivity contribution in [3.63, 3.8) is 0 Å². The van der Waals surface area contributed by atoms with Gasteiger partial charge in [-0.1, -0.05) is 76.9 Å². The number of carbonyl (C=O) groups is 1.